The number of hydrogen-bond donors (Lipinski definition) is 2. The normalized spacial score (nSPS) is 11.9. The molecule has 0 aliphatic carbocycles. The average Bonchev–Trinajstić information content (AvgIpc) is 2.27. The van der Waals surface area contributed by atoms with E-state index in [4.69, 9.17) is 18.0 Å². The number of nitrogens with zero attached hydrogens (tertiary/aromatic N) is 1. The number of aliphatic hydroxyl groups excluding tert-OH is 1. The highest BCUT2D eigenvalue weighted by molar-refractivity contribution is 7.80. The SMILES string of the molecule is CC(O)CN(C)C(=O)c1cccc(C(N)=S)c1. The fourth-order valence-electron chi connectivity index (χ4n) is 1.51. The van der Waals surface area contributed by atoms with Gasteiger partial charge in [0.25, 0.3) is 5.91 Å². The van der Waals surface area contributed by atoms with Crippen LogP contribution < -0.4 is 5.73 Å². The number of aliphatic hydroxyl groups is 1. The minimum atomic E-state index is -0.553. The van der Waals surface area contributed by atoms with Gasteiger partial charge < -0.3 is 15.7 Å². The number of hydrogen-bond acceptors (Lipinski definition) is 3. The van der Waals surface area contributed by atoms with Gasteiger partial charge in [-0.25, -0.2) is 0 Å². The lowest BCUT2D eigenvalue weighted by Crippen LogP contribution is -2.33. The predicted octanol–water partition coefficient (Wildman–Crippen LogP) is 0.774. The van der Waals surface area contributed by atoms with Crippen molar-refractivity contribution in [2.75, 3.05) is 13.6 Å². The molecule has 1 unspecified atom stereocenters. The summed E-state index contributed by atoms with van der Waals surface area (Å²) in [5, 5.41) is 9.23. The van der Waals surface area contributed by atoms with E-state index in [9.17, 15) is 9.90 Å². The smallest absolute Gasteiger partial charge is 0.253 e. The summed E-state index contributed by atoms with van der Waals surface area (Å²) in [6.07, 6.45) is -0.553. The molecule has 92 valence electrons. The summed E-state index contributed by atoms with van der Waals surface area (Å²) < 4.78 is 0. The molecule has 17 heavy (non-hydrogen) atoms. The van der Waals surface area contributed by atoms with E-state index in [2.05, 4.69) is 0 Å². The van der Waals surface area contributed by atoms with Crippen molar-refractivity contribution >= 4 is 23.1 Å². The largest absolute Gasteiger partial charge is 0.392 e. The Hall–Kier alpha value is -1.46. The van der Waals surface area contributed by atoms with Gasteiger partial charge in [-0.05, 0) is 19.1 Å². The van der Waals surface area contributed by atoms with Gasteiger partial charge in [0.2, 0.25) is 0 Å². The maximum atomic E-state index is 12.0. The lowest BCUT2D eigenvalue weighted by molar-refractivity contribution is 0.0703. The number of amides is 1. The molecule has 0 heterocycles. The van der Waals surface area contributed by atoms with E-state index < -0.39 is 6.10 Å². The maximum absolute atomic E-state index is 12.0. The Labute approximate surface area is 106 Å². The van der Waals surface area contributed by atoms with Crippen LogP contribution in [0.3, 0.4) is 0 Å². The average molecular weight is 252 g/mol. The van der Waals surface area contributed by atoms with E-state index in [1.165, 1.54) is 4.90 Å². The second-order valence-corrected chi connectivity index (χ2v) is 4.42. The summed E-state index contributed by atoms with van der Waals surface area (Å²) in [5.74, 6) is -0.163. The van der Waals surface area contributed by atoms with Crippen LogP contribution in [0.5, 0.6) is 0 Å². The highest BCUT2D eigenvalue weighted by Crippen LogP contribution is 2.08. The molecular formula is C12H16N2O2S. The molecular weight excluding hydrogens is 236 g/mol. The van der Waals surface area contributed by atoms with Crippen molar-refractivity contribution in [3.63, 3.8) is 0 Å². The summed E-state index contributed by atoms with van der Waals surface area (Å²) in [5.41, 5.74) is 6.68. The molecule has 0 aromatic heterocycles. The van der Waals surface area contributed by atoms with E-state index in [1.54, 1.807) is 38.2 Å². The minimum absolute atomic E-state index is 0.163. The van der Waals surface area contributed by atoms with Gasteiger partial charge in [0.15, 0.2) is 0 Å². The second-order valence-electron chi connectivity index (χ2n) is 3.98. The van der Waals surface area contributed by atoms with E-state index in [-0.39, 0.29) is 17.4 Å². The van der Waals surface area contributed by atoms with Crippen LogP contribution in [0.4, 0.5) is 0 Å². The third-order valence-corrected chi connectivity index (χ3v) is 2.51. The molecule has 0 saturated carbocycles. The number of likely N-dealkylation sites (N-methyl/N-ethyl adjacent to an activating group) is 1. The van der Waals surface area contributed by atoms with Crippen molar-refractivity contribution in [3.05, 3.63) is 35.4 Å². The first-order valence-corrected chi connectivity index (χ1v) is 5.66. The number of carbonyl (C=O) groups is 1. The van der Waals surface area contributed by atoms with Crippen LogP contribution in [0.15, 0.2) is 24.3 Å². The van der Waals surface area contributed by atoms with Gasteiger partial charge in [-0.2, -0.15) is 0 Å². The van der Waals surface area contributed by atoms with E-state index in [1.807, 2.05) is 0 Å². The summed E-state index contributed by atoms with van der Waals surface area (Å²) in [6, 6.07) is 6.84. The van der Waals surface area contributed by atoms with Crippen LogP contribution in [0.25, 0.3) is 0 Å². The number of carbonyl (C=O) groups excluding carboxylic acids is 1. The maximum Gasteiger partial charge on any atom is 0.253 e. The van der Waals surface area contributed by atoms with Crippen molar-refractivity contribution in [1.82, 2.24) is 4.90 Å². The summed E-state index contributed by atoms with van der Waals surface area (Å²) in [6.45, 7) is 1.92. The van der Waals surface area contributed by atoms with Crippen LogP contribution in [0, 0.1) is 0 Å². The number of rotatable bonds is 4. The molecule has 1 rings (SSSR count). The molecule has 0 radical (unpaired) electrons. The quantitative estimate of drug-likeness (QED) is 0.777. The van der Waals surface area contributed by atoms with E-state index >= 15 is 0 Å². The molecule has 0 aliphatic rings. The topological polar surface area (TPSA) is 66.6 Å². The third kappa shape index (κ3) is 3.80. The van der Waals surface area contributed by atoms with Crippen molar-refractivity contribution in [2.24, 2.45) is 5.73 Å². The Bertz CT molecular complexity index is 432. The highest BCUT2D eigenvalue weighted by Gasteiger charge is 2.13. The van der Waals surface area contributed by atoms with E-state index in [0.717, 1.165) is 0 Å². The van der Waals surface area contributed by atoms with Gasteiger partial charge in [-0.15, -0.1) is 0 Å². The Morgan fingerprint density at radius 1 is 1.53 bits per heavy atom. The van der Waals surface area contributed by atoms with Crippen LogP contribution in [0.1, 0.15) is 22.8 Å². The lowest BCUT2D eigenvalue weighted by Gasteiger charge is -2.19. The molecule has 1 aromatic rings. The van der Waals surface area contributed by atoms with Gasteiger partial charge in [0.1, 0.15) is 4.99 Å². The fraction of sp³-hybridized carbons (Fsp3) is 0.333. The minimum Gasteiger partial charge on any atom is -0.392 e. The number of thiocarbonyl (C=S) groups is 1. The summed E-state index contributed by atoms with van der Waals surface area (Å²) in [7, 11) is 1.64. The van der Waals surface area contributed by atoms with Crippen LogP contribution in [-0.2, 0) is 0 Å². The van der Waals surface area contributed by atoms with Gasteiger partial charge in [0, 0.05) is 24.7 Å². The van der Waals surface area contributed by atoms with Crippen LogP contribution in [0.2, 0.25) is 0 Å². The van der Waals surface area contributed by atoms with E-state index in [0.29, 0.717) is 11.1 Å². The Kier molecular flexibility index (Phi) is 4.60. The van der Waals surface area contributed by atoms with Gasteiger partial charge in [-0.1, -0.05) is 24.4 Å². The number of nitrogens with two attached hydrogens (primary N) is 1. The standard InChI is InChI=1S/C12H16N2O2S/c1-8(15)7-14(2)12(16)10-5-3-4-9(6-10)11(13)17/h3-6,8,15H,7H2,1-2H3,(H2,13,17). The second kappa shape index (κ2) is 5.75. The third-order valence-electron chi connectivity index (χ3n) is 2.28. The fourth-order valence-corrected chi connectivity index (χ4v) is 1.63. The molecule has 0 fully saturated rings. The molecule has 3 N–H and O–H groups in total. The molecule has 0 spiro atoms. The Balaban J connectivity index is 2.89. The molecule has 0 aliphatic heterocycles. The van der Waals surface area contributed by atoms with Crippen molar-refractivity contribution in [2.45, 2.75) is 13.0 Å². The van der Waals surface area contributed by atoms with Gasteiger partial charge in [0.05, 0.1) is 6.10 Å². The zero-order valence-corrected chi connectivity index (χ0v) is 10.7. The Morgan fingerprint density at radius 3 is 2.65 bits per heavy atom. The zero-order valence-electron chi connectivity index (χ0n) is 9.88. The highest BCUT2D eigenvalue weighted by atomic mass is 32.1. The molecule has 0 bridgehead atoms. The first kappa shape index (κ1) is 13.6. The zero-order chi connectivity index (χ0) is 13.0. The molecule has 1 amide bonds. The molecule has 0 saturated heterocycles. The molecule has 1 atom stereocenters. The summed E-state index contributed by atoms with van der Waals surface area (Å²) in [4.78, 5) is 13.7. The molecule has 5 heteroatoms. The monoisotopic (exact) mass is 252 g/mol. The van der Waals surface area contributed by atoms with Gasteiger partial charge in [-0.3, -0.25) is 4.79 Å². The van der Waals surface area contributed by atoms with Crippen molar-refractivity contribution in [1.29, 1.82) is 0 Å². The van der Waals surface area contributed by atoms with Crippen molar-refractivity contribution < 1.29 is 9.90 Å². The summed E-state index contributed by atoms with van der Waals surface area (Å²) >= 11 is 4.86. The predicted molar refractivity (Wildman–Crippen MR) is 71.0 cm³/mol. The van der Waals surface area contributed by atoms with Gasteiger partial charge >= 0.3 is 0 Å². The lowest BCUT2D eigenvalue weighted by atomic mass is 10.1. The van der Waals surface area contributed by atoms with Crippen LogP contribution >= 0.6 is 12.2 Å². The first-order chi connectivity index (χ1) is 7.91. The van der Waals surface area contributed by atoms with Crippen LogP contribution in [-0.4, -0.2) is 40.6 Å². The van der Waals surface area contributed by atoms with Crippen molar-refractivity contribution in [3.8, 4) is 0 Å². The first-order valence-electron chi connectivity index (χ1n) is 5.25. The number of benzene rings is 1. The Morgan fingerprint density at radius 2 is 2.12 bits per heavy atom. The molecule has 1 aromatic carbocycles. The molecule has 4 nitrogen and oxygen atoms in total.